The molecular formula is C68H127NO5. The second-order valence-electron chi connectivity index (χ2n) is 22.4. The van der Waals surface area contributed by atoms with Crippen LogP contribution in [0, 0.1) is 0 Å². The van der Waals surface area contributed by atoms with E-state index in [-0.39, 0.29) is 18.5 Å². The van der Waals surface area contributed by atoms with Crippen LogP contribution in [-0.4, -0.2) is 47.4 Å². The molecule has 0 saturated heterocycles. The van der Waals surface area contributed by atoms with Crippen LogP contribution in [0.4, 0.5) is 0 Å². The van der Waals surface area contributed by atoms with Crippen LogP contribution in [-0.2, 0) is 14.3 Å². The second-order valence-corrected chi connectivity index (χ2v) is 22.4. The van der Waals surface area contributed by atoms with E-state index in [2.05, 4.69) is 55.6 Å². The van der Waals surface area contributed by atoms with E-state index in [0.29, 0.717) is 19.4 Å². The topological polar surface area (TPSA) is 95.9 Å². The number of amides is 1. The Hall–Kier alpha value is -2.18. The maximum Gasteiger partial charge on any atom is 0.305 e. The summed E-state index contributed by atoms with van der Waals surface area (Å²) in [4.78, 5) is 24.6. The SMILES string of the molecule is CCCCC/C=C\C/C=C\CCCCCCCC(=O)OCCCCCCCCCCC/C=C\CCCCCCCC(=O)NC(CO)C(O)/C=C/CCCCCCCCCCCCCCCCCCCCCCCC. The predicted molar refractivity (Wildman–Crippen MR) is 324 cm³/mol. The molecular weight excluding hydrogens is 911 g/mol. The molecule has 2 unspecified atom stereocenters. The van der Waals surface area contributed by atoms with Crippen molar-refractivity contribution in [2.75, 3.05) is 13.2 Å². The number of hydrogen-bond acceptors (Lipinski definition) is 5. The summed E-state index contributed by atoms with van der Waals surface area (Å²) >= 11 is 0. The van der Waals surface area contributed by atoms with E-state index in [0.717, 1.165) is 70.6 Å². The Balaban J connectivity index is 3.49. The Kier molecular flexibility index (Phi) is 61.5. The first kappa shape index (κ1) is 71.8. The van der Waals surface area contributed by atoms with Gasteiger partial charge in [-0.3, -0.25) is 9.59 Å². The number of carbonyl (C=O) groups is 2. The smallest absolute Gasteiger partial charge is 0.305 e. The quantitative estimate of drug-likeness (QED) is 0.0320. The van der Waals surface area contributed by atoms with Crippen molar-refractivity contribution in [3.8, 4) is 0 Å². The van der Waals surface area contributed by atoms with Crippen LogP contribution in [0.5, 0.6) is 0 Å². The van der Waals surface area contributed by atoms with Crippen molar-refractivity contribution < 1.29 is 24.5 Å². The minimum absolute atomic E-state index is 0.0117. The Labute approximate surface area is 461 Å². The van der Waals surface area contributed by atoms with Crippen molar-refractivity contribution in [3.05, 3.63) is 48.6 Å². The van der Waals surface area contributed by atoms with Crippen LogP contribution in [0.1, 0.15) is 348 Å². The molecule has 0 rings (SSSR count). The van der Waals surface area contributed by atoms with Gasteiger partial charge in [0.1, 0.15) is 0 Å². The number of nitrogens with one attached hydrogen (secondary N) is 1. The number of aliphatic hydroxyl groups excluding tert-OH is 2. The van der Waals surface area contributed by atoms with Gasteiger partial charge < -0.3 is 20.3 Å². The van der Waals surface area contributed by atoms with E-state index in [9.17, 15) is 19.8 Å². The van der Waals surface area contributed by atoms with Gasteiger partial charge in [-0.25, -0.2) is 0 Å². The summed E-state index contributed by atoms with van der Waals surface area (Å²) in [5.41, 5.74) is 0. The number of hydrogen-bond donors (Lipinski definition) is 3. The van der Waals surface area contributed by atoms with Gasteiger partial charge in [0.15, 0.2) is 0 Å². The third-order valence-electron chi connectivity index (χ3n) is 15.1. The molecule has 0 aromatic rings. The highest BCUT2D eigenvalue weighted by Crippen LogP contribution is 2.17. The lowest BCUT2D eigenvalue weighted by molar-refractivity contribution is -0.143. The Morgan fingerprint density at radius 3 is 1.07 bits per heavy atom. The molecule has 0 aromatic carbocycles. The van der Waals surface area contributed by atoms with Crippen LogP contribution in [0.2, 0.25) is 0 Å². The molecule has 0 aliphatic rings. The lowest BCUT2D eigenvalue weighted by Gasteiger charge is -2.20. The normalized spacial score (nSPS) is 12.9. The molecule has 0 heterocycles. The Morgan fingerprint density at radius 1 is 0.378 bits per heavy atom. The first-order valence-corrected chi connectivity index (χ1v) is 32.9. The van der Waals surface area contributed by atoms with Gasteiger partial charge in [0.2, 0.25) is 5.91 Å². The van der Waals surface area contributed by atoms with Gasteiger partial charge in [-0.2, -0.15) is 0 Å². The number of rotatable bonds is 61. The summed E-state index contributed by atoms with van der Waals surface area (Å²) in [6, 6.07) is -0.641. The highest BCUT2D eigenvalue weighted by molar-refractivity contribution is 5.76. The average Bonchev–Trinajstić information content (AvgIpc) is 3.40. The van der Waals surface area contributed by atoms with Crippen molar-refractivity contribution in [1.29, 1.82) is 0 Å². The standard InChI is InChI=1S/C68H127NO5/c1-3-5-7-9-11-13-15-17-19-20-21-22-23-24-25-26-29-33-36-40-44-48-52-56-60-66(71)65(64-70)69-67(72)61-57-53-49-45-41-37-34-30-27-28-31-35-39-43-47-51-55-59-63-74-68(73)62-58-54-50-46-42-38-32-18-16-14-12-10-8-6-4-2/h12,14,18,30,32,34,56,60,65-66,70-71H,3-11,13,15-17,19-29,31,33,35-55,57-59,61-64H2,1-2H3,(H,69,72)/b14-12-,32-18-,34-30-,60-56+. The number of allylic oxidation sites excluding steroid dienone is 7. The van der Waals surface area contributed by atoms with E-state index in [1.165, 1.54) is 250 Å². The molecule has 0 saturated carbocycles. The van der Waals surface area contributed by atoms with Gasteiger partial charge in [0.05, 0.1) is 25.4 Å². The maximum atomic E-state index is 12.5. The van der Waals surface area contributed by atoms with E-state index in [1.54, 1.807) is 6.08 Å². The number of carbonyl (C=O) groups excluding carboxylic acids is 2. The molecule has 0 aromatic heterocycles. The minimum Gasteiger partial charge on any atom is -0.466 e. The van der Waals surface area contributed by atoms with Crippen molar-refractivity contribution in [1.82, 2.24) is 5.32 Å². The number of ether oxygens (including phenoxy) is 1. The fourth-order valence-electron chi connectivity index (χ4n) is 10.0. The molecule has 0 aliphatic heterocycles. The molecule has 2 atom stereocenters. The number of unbranched alkanes of at least 4 members (excludes halogenated alkanes) is 44. The van der Waals surface area contributed by atoms with Gasteiger partial charge >= 0.3 is 5.97 Å². The van der Waals surface area contributed by atoms with Gasteiger partial charge in [0, 0.05) is 12.8 Å². The molecule has 0 radical (unpaired) electrons. The number of aliphatic hydroxyl groups is 2. The number of esters is 1. The maximum absolute atomic E-state index is 12.5. The molecule has 6 nitrogen and oxygen atoms in total. The highest BCUT2D eigenvalue weighted by atomic mass is 16.5. The molecule has 0 aliphatic carbocycles. The summed E-state index contributed by atoms with van der Waals surface area (Å²) in [6.07, 6.45) is 81.6. The van der Waals surface area contributed by atoms with Gasteiger partial charge in [0.25, 0.3) is 0 Å². The molecule has 0 fully saturated rings. The summed E-state index contributed by atoms with van der Waals surface area (Å²) in [7, 11) is 0. The van der Waals surface area contributed by atoms with Crippen LogP contribution in [0.15, 0.2) is 48.6 Å². The van der Waals surface area contributed by atoms with Crippen LogP contribution >= 0.6 is 0 Å². The van der Waals surface area contributed by atoms with Crippen molar-refractivity contribution >= 4 is 11.9 Å². The molecule has 0 spiro atoms. The van der Waals surface area contributed by atoms with E-state index >= 15 is 0 Å². The second kappa shape index (κ2) is 63.4. The Morgan fingerprint density at radius 2 is 0.676 bits per heavy atom. The first-order valence-electron chi connectivity index (χ1n) is 32.9. The van der Waals surface area contributed by atoms with Crippen LogP contribution in [0.25, 0.3) is 0 Å². The third kappa shape index (κ3) is 59.1. The summed E-state index contributed by atoms with van der Waals surface area (Å²) in [5.74, 6) is -0.0918. The zero-order valence-corrected chi connectivity index (χ0v) is 49.6. The fourth-order valence-corrected chi connectivity index (χ4v) is 10.0. The molecule has 3 N–H and O–H groups in total. The monoisotopic (exact) mass is 1040 g/mol. The summed E-state index contributed by atoms with van der Waals surface area (Å²) < 4.78 is 5.47. The molecule has 6 heteroatoms. The molecule has 74 heavy (non-hydrogen) atoms. The van der Waals surface area contributed by atoms with Crippen molar-refractivity contribution in [2.24, 2.45) is 0 Å². The molecule has 0 bridgehead atoms. The van der Waals surface area contributed by atoms with Gasteiger partial charge in [-0.15, -0.1) is 0 Å². The zero-order chi connectivity index (χ0) is 53.6. The minimum atomic E-state index is -0.856. The first-order chi connectivity index (χ1) is 36.5. The van der Waals surface area contributed by atoms with Crippen molar-refractivity contribution in [3.63, 3.8) is 0 Å². The fraction of sp³-hybridized carbons (Fsp3) is 0.853. The van der Waals surface area contributed by atoms with Crippen molar-refractivity contribution in [2.45, 2.75) is 360 Å². The van der Waals surface area contributed by atoms with Gasteiger partial charge in [-0.1, -0.05) is 294 Å². The summed E-state index contributed by atoms with van der Waals surface area (Å²) in [6.45, 7) is 4.88. The van der Waals surface area contributed by atoms with E-state index in [4.69, 9.17) is 4.74 Å². The lowest BCUT2D eigenvalue weighted by atomic mass is 10.0. The molecule has 434 valence electrons. The Bertz CT molecular complexity index is 1240. The van der Waals surface area contributed by atoms with Gasteiger partial charge in [-0.05, 0) is 89.9 Å². The highest BCUT2D eigenvalue weighted by Gasteiger charge is 2.18. The summed E-state index contributed by atoms with van der Waals surface area (Å²) in [5, 5.41) is 23.2. The van der Waals surface area contributed by atoms with Crippen LogP contribution in [0.3, 0.4) is 0 Å². The van der Waals surface area contributed by atoms with E-state index < -0.39 is 12.1 Å². The average molecular weight is 1040 g/mol. The largest absolute Gasteiger partial charge is 0.466 e. The van der Waals surface area contributed by atoms with Crippen LogP contribution < -0.4 is 5.32 Å². The predicted octanol–water partition coefficient (Wildman–Crippen LogP) is 20.9. The third-order valence-corrected chi connectivity index (χ3v) is 15.1. The molecule has 1 amide bonds. The zero-order valence-electron chi connectivity index (χ0n) is 49.6. The van der Waals surface area contributed by atoms with E-state index in [1.807, 2.05) is 6.08 Å². The lowest BCUT2D eigenvalue weighted by Crippen LogP contribution is -2.45.